The molecule has 3 aromatic carbocycles. The van der Waals surface area contributed by atoms with Crippen LogP contribution >= 0.6 is 0 Å². The molecule has 0 bridgehead atoms. The molecule has 192 valence electrons. The smallest absolute Gasteiger partial charge is 0.346 e. The van der Waals surface area contributed by atoms with Crippen molar-refractivity contribution >= 4 is 29.8 Å². The molecule has 0 aromatic heterocycles. The van der Waals surface area contributed by atoms with Gasteiger partial charge in [-0.3, -0.25) is 4.79 Å². The van der Waals surface area contributed by atoms with E-state index >= 15 is 0 Å². The zero-order valence-electron chi connectivity index (χ0n) is 20.6. The highest BCUT2D eigenvalue weighted by atomic mass is 16.5. The molecule has 1 unspecified atom stereocenters. The van der Waals surface area contributed by atoms with Crippen molar-refractivity contribution in [3.05, 3.63) is 89.5 Å². The van der Waals surface area contributed by atoms with E-state index < -0.39 is 18.0 Å². The van der Waals surface area contributed by atoms with Crippen molar-refractivity contribution in [2.75, 3.05) is 24.6 Å². The zero-order chi connectivity index (χ0) is 26.0. The maximum atomic E-state index is 11.7. The van der Waals surface area contributed by atoms with E-state index in [0.717, 1.165) is 35.4 Å². The maximum Gasteiger partial charge on any atom is 0.346 e. The van der Waals surface area contributed by atoms with E-state index in [0.29, 0.717) is 25.3 Å². The van der Waals surface area contributed by atoms with Gasteiger partial charge in [0, 0.05) is 18.5 Å². The molecule has 0 saturated heterocycles. The summed E-state index contributed by atoms with van der Waals surface area (Å²) in [6, 6.07) is 23.8. The first-order valence-corrected chi connectivity index (χ1v) is 12.4. The monoisotopic (exact) mass is 501 g/mol. The van der Waals surface area contributed by atoms with E-state index in [4.69, 9.17) is 14.6 Å². The van der Waals surface area contributed by atoms with Crippen LogP contribution in [0.4, 0.5) is 5.69 Å². The molecule has 0 amide bonds. The quantitative estimate of drug-likeness (QED) is 0.254. The minimum absolute atomic E-state index is 0.0246. The molecule has 1 atom stereocenters. The van der Waals surface area contributed by atoms with Gasteiger partial charge in [0.15, 0.2) is 5.75 Å². The van der Waals surface area contributed by atoms with Crippen LogP contribution in [0.1, 0.15) is 36.0 Å². The Morgan fingerprint density at radius 3 is 2.46 bits per heavy atom. The SMILES string of the molecule is O=C(O)CCCN1CC(C(=O)O)Oc2c(C=Cc3ccc(OCCCc4ccccc4)cc3)cccc21. The minimum atomic E-state index is -1.05. The van der Waals surface area contributed by atoms with Crippen molar-refractivity contribution in [1.82, 2.24) is 0 Å². The first-order chi connectivity index (χ1) is 18.0. The van der Waals surface area contributed by atoms with E-state index in [9.17, 15) is 14.7 Å². The first kappa shape index (κ1) is 25.8. The fourth-order valence-electron chi connectivity index (χ4n) is 4.26. The Kier molecular flexibility index (Phi) is 8.81. The minimum Gasteiger partial charge on any atom is -0.494 e. The lowest BCUT2D eigenvalue weighted by molar-refractivity contribution is -0.145. The van der Waals surface area contributed by atoms with Crippen LogP contribution in [0, 0.1) is 0 Å². The summed E-state index contributed by atoms with van der Waals surface area (Å²) in [6.45, 7) is 1.25. The van der Waals surface area contributed by atoms with Gasteiger partial charge in [-0.2, -0.15) is 0 Å². The summed E-state index contributed by atoms with van der Waals surface area (Å²) in [7, 11) is 0. The van der Waals surface area contributed by atoms with Crippen molar-refractivity contribution in [3.63, 3.8) is 0 Å². The third kappa shape index (κ3) is 7.36. The van der Waals surface area contributed by atoms with Crippen LogP contribution in [0.15, 0.2) is 72.8 Å². The number of carbonyl (C=O) groups is 2. The van der Waals surface area contributed by atoms with Crippen LogP contribution in [0.25, 0.3) is 12.2 Å². The molecule has 7 nitrogen and oxygen atoms in total. The van der Waals surface area contributed by atoms with Gasteiger partial charge in [-0.25, -0.2) is 4.79 Å². The Labute approximate surface area is 216 Å². The van der Waals surface area contributed by atoms with E-state index in [-0.39, 0.29) is 13.0 Å². The molecule has 4 rings (SSSR count). The first-order valence-electron chi connectivity index (χ1n) is 12.4. The van der Waals surface area contributed by atoms with Gasteiger partial charge in [0.1, 0.15) is 5.75 Å². The number of carboxylic acid groups (broad SMARTS) is 2. The normalized spacial score (nSPS) is 14.7. The fraction of sp³-hybridized carbons (Fsp3) is 0.267. The van der Waals surface area contributed by atoms with Gasteiger partial charge in [0.05, 0.1) is 18.8 Å². The van der Waals surface area contributed by atoms with Crippen LogP contribution in [0.3, 0.4) is 0 Å². The highest BCUT2D eigenvalue weighted by Gasteiger charge is 2.31. The van der Waals surface area contributed by atoms with Crippen molar-refractivity contribution in [3.8, 4) is 11.5 Å². The molecule has 1 aliphatic rings. The topological polar surface area (TPSA) is 96.3 Å². The number of hydrogen-bond donors (Lipinski definition) is 2. The van der Waals surface area contributed by atoms with Crippen LogP contribution < -0.4 is 14.4 Å². The molecule has 0 spiro atoms. The van der Waals surface area contributed by atoms with Crippen molar-refractivity contribution in [1.29, 1.82) is 0 Å². The molecule has 0 saturated carbocycles. The molecule has 1 heterocycles. The third-order valence-corrected chi connectivity index (χ3v) is 6.16. The summed E-state index contributed by atoms with van der Waals surface area (Å²) in [5.41, 5.74) is 3.80. The van der Waals surface area contributed by atoms with E-state index in [1.807, 2.05) is 77.7 Å². The van der Waals surface area contributed by atoms with Crippen LogP contribution in [0.5, 0.6) is 11.5 Å². The van der Waals surface area contributed by atoms with Gasteiger partial charge in [0.25, 0.3) is 0 Å². The van der Waals surface area contributed by atoms with E-state index in [2.05, 4.69) is 12.1 Å². The van der Waals surface area contributed by atoms with Crippen LogP contribution in [0.2, 0.25) is 0 Å². The number of anilines is 1. The van der Waals surface area contributed by atoms with Gasteiger partial charge >= 0.3 is 11.9 Å². The summed E-state index contributed by atoms with van der Waals surface area (Å²) in [6.07, 6.45) is 5.18. The number of carboxylic acids is 2. The second-order valence-electron chi connectivity index (χ2n) is 8.92. The Morgan fingerprint density at radius 1 is 0.946 bits per heavy atom. The Morgan fingerprint density at radius 2 is 1.73 bits per heavy atom. The lowest BCUT2D eigenvalue weighted by Crippen LogP contribution is -2.45. The predicted molar refractivity (Wildman–Crippen MR) is 143 cm³/mol. The Bertz CT molecular complexity index is 1220. The standard InChI is InChI=1S/C30H31NO6/c32-28(33)12-5-19-31-21-27(30(34)35)37-29-24(10-4-11-26(29)31)16-13-23-14-17-25(18-15-23)36-20-6-9-22-7-2-1-3-8-22/h1-4,7-8,10-11,13-18,27H,5-6,9,12,19-21H2,(H,32,33)(H,34,35). The highest BCUT2D eigenvalue weighted by molar-refractivity contribution is 5.81. The summed E-state index contributed by atoms with van der Waals surface area (Å²) in [5, 5.41) is 18.5. The van der Waals surface area contributed by atoms with Crippen molar-refractivity contribution < 1.29 is 29.3 Å². The predicted octanol–water partition coefficient (Wildman–Crippen LogP) is 5.39. The van der Waals surface area contributed by atoms with Gasteiger partial charge in [-0.05, 0) is 48.6 Å². The number of hydrogen-bond acceptors (Lipinski definition) is 5. The molecule has 0 fully saturated rings. The summed E-state index contributed by atoms with van der Waals surface area (Å²) in [4.78, 5) is 24.5. The van der Waals surface area contributed by atoms with Crippen LogP contribution in [-0.4, -0.2) is 48.0 Å². The van der Waals surface area contributed by atoms with Gasteiger partial charge in [-0.15, -0.1) is 0 Å². The summed E-state index contributed by atoms with van der Waals surface area (Å²) >= 11 is 0. The fourth-order valence-corrected chi connectivity index (χ4v) is 4.26. The molecule has 2 N–H and O–H groups in total. The van der Waals surface area contributed by atoms with Gasteiger partial charge in [0.2, 0.25) is 6.10 Å². The Hall–Kier alpha value is -4.26. The number of aryl methyl sites for hydroxylation is 1. The average Bonchev–Trinajstić information content (AvgIpc) is 2.91. The maximum absolute atomic E-state index is 11.7. The van der Waals surface area contributed by atoms with Crippen LogP contribution in [-0.2, 0) is 16.0 Å². The highest BCUT2D eigenvalue weighted by Crippen LogP contribution is 2.38. The second-order valence-corrected chi connectivity index (χ2v) is 8.92. The Balaban J connectivity index is 1.39. The molecule has 0 radical (unpaired) electrons. The number of ether oxygens (including phenoxy) is 2. The summed E-state index contributed by atoms with van der Waals surface area (Å²) in [5.74, 6) is -0.617. The molecular formula is C30H31NO6. The second kappa shape index (κ2) is 12.6. The lowest BCUT2D eigenvalue weighted by Gasteiger charge is -2.35. The number of para-hydroxylation sites is 1. The molecular weight excluding hydrogens is 470 g/mol. The molecule has 37 heavy (non-hydrogen) atoms. The third-order valence-electron chi connectivity index (χ3n) is 6.16. The number of nitrogens with zero attached hydrogens (tertiary/aromatic N) is 1. The molecule has 3 aromatic rings. The lowest BCUT2D eigenvalue weighted by atomic mass is 10.1. The number of benzene rings is 3. The van der Waals surface area contributed by atoms with Crippen molar-refractivity contribution in [2.45, 2.75) is 31.8 Å². The molecule has 7 heteroatoms. The van der Waals surface area contributed by atoms with Gasteiger partial charge in [-0.1, -0.05) is 66.7 Å². The number of aliphatic carboxylic acids is 2. The van der Waals surface area contributed by atoms with E-state index in [1.165, 1.54) is 5.56 Å². The van der Waals surface area contributed by atoms with E-state index in [1.54, 1.807) is 0 Å². The number of fused-ring (bicyclic) bond motifs is 1. The zero-order valence-corrected chi connectivity index (χ0v) is 20.6. The molecule has 0 aliphatic carbocycles. The average molecular weight is 502 g/mol. The summed E-state index contributed by atoms with van der Waals surface area (Å²) < 4.78 is 11.7. The molecule has 1 aliphatic heterocycles. The van der Waals surface area contributed by atoms with Gasteiger partial charge < -0.3 is 24.6 Å². The van der Waals surface area contributed by atoms with Crippen molar-refractivity contribution in [2.24, 2.45) is 0 Å². The number of rotatable bonds is 12. The largest absolute Gasteiger partial charge is 0.494 e.